The average Bonchev–Trinajstić information content (AvgIpc) is 1.83. The van der Waals surface area contributed by atoms with Gasteiger partial charge in [0.15, 0.2) is 0 Å². The van der Waals surface area contributed by atoms with Crippen molar-refractivity contribution >= 4 is 21.4 Å². The van der Waals surface area contributed by atoms with Gasteiger partial charge in [0, 0.05) is 5.75 Å². The van der Waals surface area contributed by atoms with Gasteiger partial charge in [-0.25, -0.2) is 0 Å². The maximum atomic E-state index is 10.2. The Morgan fingerprint density at radius 3 is 1.64 bits per heavy atom. The summed E-state index contributed by atoms with van der Waals surface area (Å²) in [5, 5.41) is 9.65. The van der Waals surface area contributed by atoms with E-state index in [4.69, 9.17) is 0 Å². The lowest BCUT2D eigenvalue weighted by atomic mass is 9.89. The van der Waals surface area contributed by atoms with Crippen LogP contribution in [-0.4, -0.2) is 24.9 Å². The van der Waals surface area contributed by atoms with E-state index in [2.05, 4.69) is 46.5 Å². The van der Waals surface area contributed by atoms with Gasteiger partial charge in [-0.3, -0.25) is 0 Å². The first-order valence-corrected chi connectivity index (χ1v) is 7.03. The van der Waals surface area contributed by atoms with Crippen LogP contribution in [0.1, 0.15) is 20.8 Å². The third-order valence-electron chi connectivity index (χ3n) is 2.30. The molecule has 0 heterocycles. The summed E-state index contributed by atoms with van der Waals surface area (Å²) in [5.74, 6) is 0.567. The van der Waals surface area contributed by atoms with Crippen LogP contribution in [0, 0.1) is 5.41 Å². The molecule has 0 aromatic heterocycles. The van der Waals surface area contributed by atoms with E-state index in [0.717, 1.165) is 0 Å². The first-order valence-electron chi connectivity index (χ1n) is 3.89. The summed E-state index contributed by atoms with van der Waals surface area (Å²) in [6, 6.07) is 0. The Morgan fingerprint density at radius 1 is 1.27 bits per heavy atom. The second-order valence-corrected chi connectivity index (χ2v) is 7.41. The van der Waals surface area contributed by atoms with Crippen LogP contribution in [-0.2, 0) is 0 Å². The van der Waals surface area contributed by atoms with Crippen LogP contribution in [0.25, 0.3) is 0 Å². The van der Waals surface area contributed by atoms with Crippen molar-refractivity contribution in [1.29, 1.82) is 0 Å². The summed E-state index contributed by atoms with van der Waals surface area (Å²) in [5.41, 5.74) is -0.0491. The fraction of sp³-hybridized carbons (Fsp3) is 1.00. The Hall–Kier alpha value is 0.527. The van der Waals surface area contributed by atoms with E-state index in [0.29, 0.717) is 5.75 Å². The molecule has 1 unspecified atom stereocenters. The standard InChI is InChI=1S/C8H19OSSi/c1-7(2,3)8(9,6-10)11(4)5/h9-10H,6H2,1-5H3. The lowest BCUT2D eigenvalue weighted by Crippen LogP contribution is -2.54. The van der Waals surface area contributed by atoms with Crippen LogP contribution in [0.3, 0.4) is 0 Å². The first kappa shape index (κ1) is 11.5. The largest absolute Gasteiger partial charge is 0.392 e. The van der Waals surface area contributed by atoms with Gasteiger partial charge in [0.25, 0.3) is 0 Å². The smallest absolute Gasteiger partial charge is 0.0839 e. The molecule has 1 radical (unpaired) electrons. The molecule has 3 heteroatoms. The zero-order valence-corrected chi connectivity index (χ0v) is 10.00. The zero-order chi connectivity index (χ0) is 9.28. The molecule has 1 atom stereocenters. The Labute approximate surface area is 77.2 Å². The summed E-state index contributed by atoms with van der Waals surface area (Å²) >= 11 is 4.21. The summed E-state index contributed by atoms with van der Waals surface area (Å²) in [6.07, 6.45) is 0. The molecular formula is C8H19OSSi. The van der Waals surface area contributed by atoms with Gasteiger partial charge in [-0.2, -0.15) is 12.6 Å². The second-order valence-electron chi connectivity index (χ2n) is 4.27. The number of hydrogen-bond acceptors (Lipinski definition) is 2. The second kappa shape index (κ2) is 3.50. The van der Waals surface area contributed by atoms with Gasteiger partial charge in [0.2, 0.25) is 0 Å². The fourth-order valence-electron chi connectivity index (χ4n) is 1.15. The van der Waals surface area contributed by atoms with E-state index in [1.54, 1.807) is 0 Å². The molecule has 0 rings (SSSR count). The van der Waals surface area contributed by atoms with Gasteiger partial charge in [-0.1, -0.05) is 33.9 Å². The third-order valence-corrected chi connectivity index (χ3v) is 5.63. The Morgan fingerprint density at radius 2 is 1.64 bits per heavy atom. The van der Waals surface area contributed by atoms with Gasteiger partial charge in [0.1, 0.15) is 0 Å². The van der Waals surface area contributed by atoms with E-state index in [1.165, 1.54) is 0 Å². The number of hydrogen-bond donors (Lipinski definition) is 2. The highest BCUT2D eigenvalue weighted by molar-refractivity contribution is 7.80. The minimum atomic E-state index is -0.701. The van der Waals surface area contributed by atoms with Crippen molar-refractivity contribution in [3.8, 4) is 0 Å². The normalized spacial score (nSPS) is 18.5. The van der Waals surface area contributed by atoms with Crippen molar-refractivity contribution < 1.29 is 5.11 Å². The quantitative estimate of drug-likeness (QED) is 0.505. The van der Waals surface area contributed by atoms with Crippen LogP contribution in [0.4, 0.5) is 0 Å². The van der Waals surface area contributed by atoms with Gasteiger partial charge >= 0.3 is 0 Å². The molecular weight excluding hydrogens is 172 g/mol. The Kier molecular flexibility index (Phi) is 3.67. The Balaban J connectivity index is 4.61. The van der Waals surface area contributed by atoms with Crippen molar-refractivity contribution in [3.05, 3.63) is 0 Å². The maximum Gasteiger partial charge on any atom is 0.0839 e. The molecule has 0 saturated heterocycles. The molecule has 0 aromatic rings. The highest BCUT2D eigenvalue weighted by Crippen LogP contribution is 2.33. The van der Waals surface area contributed by atoms with Crippen LogP contribution >= 0.6 is 12.6 Å². The first-order chi connectivity index (χ1) is 4.75. The lowest BCUT2D eigenvalue weighted by Gasteiger charge is -2.42. The molecule has 11 heavy (non-hydrogen) atoms. The van der Waals surface area contributed by atoms with Crippen LogP contribution < -0.4 is 0 Å². The van der Waals surface area contributed by atoms with Gasteiger partial charge in [-0.05, 0) is 5.41 Å². The van der Waals surface area contributed by atoms with Crippen LogP contribution in [0.15, 0.2) is 0 Å². The molecule has 0 spiro atoms. The van der Waals surface area contributed by atoms with Gasteiger partial charge in [0.05, 0.1) is 14.0 Å². The summed E-state index contributed by atoms with van der Waals surface area (Å²) < 4.78 is 0. The lowest BCUT2D eigenvalue weighted by molar-refractivity contribution is 0.0345. The highest BCUT2D eigenvalue weighted by Gasteiger charge is 2.41. The molecule has 0 aromatic carbocycles. The summed E-state index contributed by atoms with van der Waals surface area (Å²) in [6.45, 7) is 10.5. The fourth-order valence-corrected chi connectivity index (χ4v) is 4.38. The van der Waals surface area contributed by atoms with E-state index in [9.17, 15) is 5.11 Å². The molecule has 0 amide bonds. The maximum absolute atomic E-state index is 10.2. The topological polar surface area (TPSA) is 20.2 Å². The van der Waals surface area contributed by atoms with Crippen molar-refractivity contribution in [1.82, 2.24) is 0 Å². The summed E-state index contributed by atoms with van der Waals surface area (Å²) in [7, 11) is -0.701. The monoisotopic (exact) mass is 191 g/mol. The molecule has 67 valence electrons. The summed E-state index contributed by atoms with van der Waals surface area (Å²) in [4.78, 5) is 0. The molecule has 0 aliphatic rings. The molecule has 1 N–H and O–H groups in total. The van der Waals surface area contributed by atoms with E-state index in [1.807, 2.05) is 0 Å². The van der Waals surface area contributed by atoms with Crippen LogP contribution in [0.5, 0.6) is 0 Å². The van der Waals surface area contributed by atoms with E-state index >= 15 is 0 Å². The average molecular weight is 191 g/mol. The zero-order valence-electron chi connectivity index (χ0n) is 8.10. The third kappa shape index (κ3) is 2.23. The van der Waals surface area contributed by atoms with E-state index in [-0.39, 0.29) is 5.41 Å². The molecule has 0 aliphatic carbocycles. The van der Waals surface area contributed by atoms with Crippen molar-refractivity contribution in [2.45, 2.75) is 39.1 Å². The number of aliphatic hydroxyl groups is 1. The number of rotatable bonds is 2. The van der Waals surface area contributed by atoms with E-state index < -0.39 is 14.0 Å². The predicted octanol–water partition coefficient (Wildman–Crippen LogP) is 1.99. The van der Waals surface area contributed by atoms with Crippen LogP contribution in [0.2, 0.25) is 13.1 Å². The minimum Gasteiger partial charge on any atom is -0.392 e. The van der Waals surface area contributed by atoms with Crippen molar-refractivity contribution in [3.63, 3.8) is 0 Å². The highest BCUT2D eigenvalue weighted by atomic mass is 32.1. The molecule has 0 fully saturated rings. The Bertz CT molecular complexity index is 131. The molecule has 0 aliphatic heterocycles. The number of thiol groups is 1. The molecule has 0 saturated carbocycles. The van der Waals surface area contributed by atoms with Crippen molar-refractivity contribution in [2.75, 3.05) is 5.75 Å². The minimum absolute atomic E-state index is 0.0491. The van der Waals surface area contributed by atoms with Crippen molar-refractivity contribution in [2.24, 2.45) is 5.41 Å². The SMILES string of the molecule is C[Si](C)C(O)(CS)C(C)(C)C. The predicted molar refractivity (Wildman–Crippen MR) is 55.7 cm³/mol. The molecule has 1 nitrogen and oxygen atoms in total. The van der Waals surface area contributed by atoms with Gasteiger partial charge < -0.3 is 5.11 Å². The van der Waals surface area contributed by atoms with Gasteiger partial charge in [-0.15, -0.1) is 0 Å². The molecule has 0 bridgehead atoms.